The van der Waals surface area contributed by atoms with Crippen molar-refractivity contribution in [3.05, 3.63) is 83.9 Å². The van der Waals surface area contributed by atoms with E-state index in [1.54, 1.807) is 12.1 Å². The Hall–Kier alpha value is -4.22. The molecule has 0 saturated heterocycles. The van der Waals surface area contributed by atoms with Crippen LogP contribution < -0.4 is 11.3 Å². The Morgan fingerprint density at radius 2 is 1.35 bits per heavy atom. The molecule has 5 heteroatoms. The van der Waals surface area contributed by atoms with Gasteiger partial charge in [-0.2, -0.15) is 0 Å². The van der Waals surface area contributed by atoms with Crippen molar-refractivity contribution in [3.8, 4) is 0 Å². The minimum Gasteiger partial charge on any atom is -0.478 e. The van der Waals surface area contributed by atoms with Gasteiger partial charge >= 0.3 is 5.97 Å². The lowest BCUT2D eigenvalue weighted by atomic mass is 9.84. The Bertz CT molecular complexity index is 1720. The van der Waals surface area contributed by atoms with E-state index >= 15 is 0 Å². The summed E-state index contributed by atoms with van der Waals surface area (Å²) in [6, 6.07) is 23.8. The maximum Gasteiger partial charge on any atom is 0.336 e. The third kappa shape index (κ3) is 2.23. The lowest BCUT2D eigenvalue weighted by molar-refractivity contribution is 0.0691. The molecule has 0 radical (unpaired) electrons. The molecule has 0 atom stereocenters. The summed E-state index contributed by atoms with van der Waals surface area (Å²) < 4.78 is 0. The largest absolute Gasteiger partial charge is 0.478 e. The second kappa shape index (κ2) is 6.14. The number of hydrogen-bond donors (Lipinski definition) is 3. The molecular formula is C26H16N2O3. The molecule has 31 heavy (non-hydrogen) atoms. The van der Waals surface area contributed by atoms with Crippen LogP contribution in [0.25, 0.3) is 53.9 Å². The summed E-state index contributed by atoms with van der Waals surface area (Å²) in [6.45, 7) is 0. The number of nitrogens with one attached hydrogen (secondary N) is 1. The van der Waals surface area contributed by atoms with E-state index in [0.717, 1.165) is 48.5 Å². The first-order valence-corrected chi connectivity index (χ1v) is 9.89. The van der Waals surface area contributed by atoms with Crippen LogP contribution in [0.1, 0.15) is 20.7 Å². The Kier molecular flexibility index (Phi) is 3.49. The van der Waals surface area contributed by atoms with Gasteiger partial charge in [-0.05, 0) is 66.0 Å². The molecule has 0 spiro atoms. The van der Waals surface area contributed by atoms with Crippen molar-refractivity contribution in [1.29, 1.82) is 0 Å². The minimum absolute atomic E-state index is 0.0659. The number of amides is 1. The number of carbonyl (C=O) groups is 2. The molecule has 0 bridgehead atoms. The Labute approximate surface area is 176 Å². The Morgan fingerprint density at radius 3 is 2.16 bits per heavy atom. The number of rotatable bonds is 2. The summed E-state index contributed by atoms with van der Waals surface area (Å²) in [6.07, 6.45) is 0. The smallest absolute Gasteiger partial charge is 0.336 e. The van der Waals surface area contributed by atoms with Crippen molar-refractivity contribution >= 4 is 65.7 Å². The topological polar surface area (TPSA) is 92.4 Å². The van der Waals surface area contributed by atoms with E-state index in [2.05, 4.69) is 29.7 Å². The van der Waals surface area contributed by atoms with Crippen LogP contribution in [0.5, 0.6) is 0 Å². The summed E-state index contributed by atoms with van der Waals surface area (Å²) in [5, 5.41) is 19.6. The van der Waals surface area contributed by atoms with Crippen molar-refractivity contribution in [3.63, 3.8) is 0 Å². The SMILES string of the molecule is NNC(=O)c1c(C(=O)O)cc2c3cccc4cc5ccccc5c(c5cccc1c25)c43. The van der Waals surface area contributed by atoms with Gasteiger partial charge in [0.15, 0.2) is 0 Å². The van der Waals surface area contributed by atoms with Gasteiger partial charge in [-0.25, -0.2) is 10.6 Å². The number of nitrogen functional groups attached to an aromatic ring is 1. The number of aromatic carboxylic acids is 1. The highest BCUT2D eigenvalue weighted by atomic mass is 16.4. The van der Waals surface area contributed by atoms with Crippen LogP contribution in [0, 0.1) is 0 Å². The predicted octanol–water partition coefficient (Wildman–Crippen LogP) is 5.19. The number of hydrazine groups is 1. The third-order valence-electron chi connectivity index (χ3n) is 6.20. The molecule has 0 heterocycles. The third-order valence-corrected chi connectivity index (χ3v) is 6.20. The summed E-state index contributed by atoms with van der Waals surface area (Å²) in [4.78, 5) is 24.7. The van der Waals surface area contributed by atoms with Gasteiger partial charge in [-0.1, -0.05) is 60.7 Å². The van der Waals surface area contributed by atoms with Crippen molar-refractivity contribution < 1.29 is 14.7 Å². The second-order valence-electron chi connectivity index (χ2n) is 7.73. The minimum atomic E-state index is -1.17. The van der Waals surface area contributed by atoms with Gasteiger partial charge in [-0.3, -0.25) is 10.2 Å². The molecule has 0 unspecified atom stereocenters. The zero-order valence-electron chi connectivity index (χ0n) is 16.3. The van der Waals surface area contributed by atoms with E-state index < -0.39 is 11.9 Å². The van der Waals surface area contributed by atoms with E-state index in [1.807, 2.05) is 36.4 Å². The number of benzene rings is 6. The highest BCUT2D eigenvalue weighted by Crippen LogP contribution is 2.44. The maximum atomic E-state index is 12.6. The quantitative estimate of drug-likeness (QED) is 0.122. The zero-order chi connectivity index (χ0) is 21.3. The van der Waals surface area contributed by atoms with E-state index in [4.69, 9.17) is 5.84 Å². The fourth-order valence-corrected chi connectivity index (χ4v) is 5.02. The first-order valence-electron chi connectivity index (χ1n) is 9.89. The first-order chi connectivity index (χ1) is 15.1. The maximum absolute atomic E-state index is 12.6. The van der Waals surface area contributed by atoms with Gasteiger partial charge in [0.05, 0.1) is 11.1 Å². The molecule has 0 aliphatic heterocycles. The van der Waals surface area contributed by atoms with Crippen molar-refractivity contribution in [2.45, 2.75) is 0 Å². The van der Waals surface area contributed by atoms with E-state index in [9.17, 15) is 14.7 Å². The molecular weight excluding hydrogens is 388 g/mol. The monoisotopic (exact) mass is 404 g/mol. The first kappa shape index (κ1) is 17.6. The van der Waals surface area contributed by atoms with E-state index in [0.29, 0.717) is 5.39 Å². The van der Waals surface area contributed by atoms with Gasteiger partial charge in [0.2, 0.25) is 0 Å². The van der Waals surface area contributed by atoms with E-state index in [1.165, 1.54) is 0 Å². The molecule has 1 amide bonds. The van der Waals surface area contributed by atoms with Crippen LogP contribution >= 0.6 is 0 Å². The van der Waals surface area contributed by atoms with E-state index in [-0.39, 0.29) is 11.1 Å². The summed E-state index contributed by atoms with van der Waals surface area (Å²) in [7, 11) is 0. The van der Waals surface area contributed by atoms with Gasteiger partial charge in [0.25, 0.3) is 5.91 Å². The van der Waals surface area contributed by atoms with Gasteiger partial charge in [-0.15, -0.1) is 0 Å². The predicted molar refractivity (Wildman–Crippen MR) is 124 cm³/mol. The number of carboxylic acids is 1. The van der Waals surface area contributed by atoms with Gasteiger partial charge < -0.3 is 5.11 Å². The van der Waals surface area contributed by atoms with Gasteiger partial charge in [0, 0.05) is 0 Å². The van der Waals surface area contributed by atoms with Crippen LogP contribution in [-0.2, 0) is 0 Å². The average molecular weight is 404 g/mol. The normalized spacial score (nSPS) is 11.8. The van der Waals surface area contributed by atoms with Crippen molar-refractivity contribution in [1.82, 2.24) is 5.43 Å². The molecule has 0 aromatic heterocycles. The zero-order valence-corrected chi connectivity index (χ0v) is 16.3. The van der Waals surface area contributed by atoms with Crippen LogP contribution in [0.15, 0.2) is 72.8 Å². The number of carboxylic acid groups (broad SMARTS) is 1. The average Bonchev–Trinajstić information content (AvgIpc) is 2.80. The number of nitrogens with two attached hydrogens (primary N) is 1. The fourth-order valence-electron chi connectivity index (χ4n) is 5.02. The van der Waals surface area contributed by atoms with Crippen LogP contribution in [0.4, 0.5) is 0 Å². The molecule has 0 aliphatic rings. The molecule has 0 aliphatic carbocycles. The fraction of sp³-hybridized carbons (Fsp3) is 0. The van der Waals surface area contributed by atoms with Crippen molar-refractivity contribution in [2.75, 3.05) is 0 Å². The lowest BCUT2D eigenvalue weighted by Crippen LogP contribution is -2.31. The number of carbonyl (C=O) groups excluding carboxylic acids is 1. The standard InChI is InChI=1S/C26H16N2O3/c27-28-25(29)24-18-10-4-9-17-22(18)19(12-20(24)26(30)31)16-8-3-6-14-11-13-5-1-2-7-15(13)23(17)21(14)16/h1-12H,27H2,(H,28,29)(H,30,31). The Morgan fingerprint density at radius 1 is 0.677 bits per heavy atom. The molecule has 4 N–H and O–H groups in total. The van der Waals surface area contributed by atoms with Crippen LogP contribution in [-0.4, -0.2) is 17.0 Å². The summed E-state index contributed by atoms with van der Waals surface area (Å²) >= 11 is 0. The molecule has 6 aromatic carbocycles. The van der Waals surface area contributed by atoms with Gasteiger partial charge in [0.1, 0.15) is 0 Å². The highest BCUT2D eigenvalue weighted by Gasteiger charge is 2.24. The molecule has 5 nitrogen and oxygen atoms in total. The number of hydrogen-bond acceptors (Lipinski definition) is 3. The number of fused-ring (bicyclic) bond motifs is 4. The lowest BCUT2D eigenvalue weighted by Gasteiger charge is -2.19. The van der Waals surface area contributed by atoms with Crippen LogP contribution in [0.2, 0.25) is 0 Å². The molecule has 0 fully saturated rings. The molecule has 0 saturated carbocycles. The highest BCUT2D eigenvalue weighted by molar-refractivity contribution is 6.39. The molecule has 148 valence electrons. The van der Waals surface area contributed by atoms with Crippen molar-refractivity contribution in [2.24, 2.45) is 5.84 Å². The second-order valence-corrected chi connectivity index (χ2v) is 7.73. The summed E-state index contributed by atoms with van der Waals surface area (Å²) in [5.41, 5.74) is 2.12. The van der Waals surface area contributed by atoms with Crippen LogP contribution in [0.3, 0.4) is 0 Å². The Balaban J connectivity index is 2.02. The molecule has 6 rings (SSSR count). The summed E-state index contributed by atoms with van der Waals surface area (Å²) in [5.74, 6) is 3.62. The molecule has 6 aromatic rings.